The van der Waals surface area contributed by atoms with Crippen LogP contribution in [0, 0.1) is 0 Å². The van der Waals surface area contributed by atoms with Crippen LogP contribution in [-0.2, 0) is 16.1 Å². The molecule has 0 fully saturated rings. The fourth-order valence-electron chi connectivity index (χ4n) is 1.80. The summed E-state index contributed by atoms with van der Waals surface area (Å²) >= 11 is 16.9. The van der Waals surface area contributed by atoms with Crippen molar-refractivity contribution in [3.05, 3.63) is 40.9 Å². The van der Waals surface area contributed by atoms with Gasteiger partial charge in [-0.15, -0.1) is 0 Å². The maximum absolute atomic E-state index is 12.2. The Kier molecular flexibility index (Phi) is 5.32. The van der Waals surface area contributed by atoms with Gasteiger partial charge >= 0.3 is 5.97 Å². The van der Waals surface area contributed by atoms with Crippen LogP contribution in [0.5, 0.6) is 0 Å². The van der Waals surface area contributed by atoms with Gasteiger partial charge in [0.05, 0.1) is 23.7 Å². The Morgan fingerprint density at radius 3 is 2.73 bits per heavy atom. The van der Waals surface area contributed by atoms with Gasteiger partial charge in [0.25, 0.3) is 5.56 Å². The third-order valence-corrected chi connectivity index (χ3v) is 3.98. The Hall–Kier alpha value is -1.30. The van der Waals surface area contributed by atoms with Crippen molar-refractivity contribution in [1.29, 1.82) is 0 Å². The Bertz CT molecular complexity index is 740. The van der Waals surface area contributed by atoms with E-state index in [4.69, 9.17) is 39.5 Å². The third kappa shape index (κ3) is 4.12. The summed E-state index contributed by atoms with van der Waals surface area (Å²) in [4.78, 5) is 28.1. The van der Waals surface area contributed by atoms with Gasteiger partial charge in [0.1, 0.15) is 6.10 Å². The molecule has 1 atom stereocenters. The lowest BCUT2D eigenvalue weighted by molar-refractivity contribution is -0.148. The molecule has 22 heavy (non-hydrogen) atoms. The molecule has 2 rings (SSSR count). The fraction of sp³-hybridized carbons (Fsp3) is 0.357. The highest BCUT2D eigenvalue weighted by atomic mass is 35.6. The number of ether oxygens (including phenoxy) is 1. The van der Waals surface area contributed by atoms with E-state index in [0.29, 0.717) is 10.9 Å². The maximum atomic E-state index is 12.2. The topological polar surface area (TPSA) is 61.2 Å². The zero-order valence-electron chi connectivity index (χ0n) is 11.6. The summed E-state index contributed by atoms with van der Waals surface area (Å²) in [7, 11) is 0. The second-order valence-electron chi connectivity index (χ2n) is 4.68. The number of hydrogen-bond acceptors (Lipinski definition) is 4. The number of alkyl halides is 3. The van der Waals surface area contributed by atoms with Gasteiger partial charge in [-0.05, 0) is 19.1 Å². The molecule has 0 aliphatic carbocycles. The molecule has 5 nitrogen and oxygen atoms in total. The molecule has 0 amide bonds. The number of aromatic nitrogens is 2. The number of esters is 1. The first-order valence-corrected chi connectivity index (χ1v) is 7.63. The minimum Gasteiger partial charge on any atom is -0.458 e. The molecule has 0 N–H and O–H groups in total. The SMILES string of the molecule is C[C@@H](OC(=O)CCn1cnc2ccccc2c1=O)C(Cl)(Cl)Cl. The van der Waals surface area contributed by atoms with Gasteiger partial charge in [-0.1, -0.05) is 46.9 Å². The van der Waals surface area contributed by atoms with Crippen LogP contribution >= 0.6 is 34.8 Å². The summed E-state index contributed by atoms with van der Waals surface area (Å²) in [5, 5.41) is 0.494. The second-order valence-corrected chi connectivity index (χ2v) is 7.05. The Balaban J connectivity index is 2.05. The molecule has 0 aliphatic rings. The zero-order chi connectivity index (χ0) is 16.3. The highest BCUT2D eigenvalue weighted by Gasteiger charge is 2.31. The molecular weight excluding hydrogens is 351 g/mol. The zero-order valence-corrected chi connectivity index (χ0v) is 13.9. The summed E-state index contributed by atoms with van der Waals surface area (Å²) in [6.07, 6.45) is 0.498. The summed E-state index contributed by atoms with van der Waals surface area (Å²) < 4.78 is 4.66. The molecule has 1 heterocycles. The van der Waals surface area contributed by atoms with Crippen LogP contribution in [0.15, 0.2) is 35.4 Å². The molecule has 118 valence electrons. The quantitative estimate of drug-likeness (QED) is 0.618. The molecule has 1 aromatic heterocycles. The van der Waals surface area contributed by atoms with Gasteiger partial charge < -0.3 is 4.74 Å². The average molecular weight is 364 g/mol. The molecule has 0 unspecified atom stereocenters. The van der Waals surface area contributed by atoms with Crippen LogP contribution in [0.3, 0.4) is 0 Å². The fourth-order valence-corrected chi connectivity index (χ4v) is 1.93. The van der Waals surface area contributed by atoms with E-state index in [2.05, 4.69) is 4.98 Å². The third-order valence-electron chi connectivity index (χ3n) is 3.06. The Labute approximate surface area is 141 Å². The van der Waals surface area contributed by atoms with Crippen LogP contribution in [0.1, 0.15) is 13.3 Å². The van der Waals surface area contributed by atoms with E-state index >= 15 is 0 Å². The van der Waals surface area contributed by atoms with Gasteiger partial charge in [-0.2, -0.15) is 0 Å². The molecule has 0 saturated heterocycles. The lowest BCUT2D eigenvalue weighted by atomic mass is 10.2. The predicted molar refractivity (Wildman–Crippen MR) is 86.5 cm³/mol. The minimum atomic E-state index is -1.68. The lowest BCUT2D eigenvalue weighted by Crippen LogP contribution is -2.29. The van der Waals surface area contributed by atoms with Crippen molar-refractivity contribution in [2.24, 2.45) is 0 Å². The summed E-state index contributed by atoms with van der Waals surface area (Å²) in [6.45, 7) is 1.62. The van der Waals surface area contributed by atoms with Crippen molar-refractivity contribution < 1.29 is 9.53 Å². The smallest absolute Gasteiger partial charge is 0.308 e. The highest BCUT2D eigenvalue weighted by molar-refractivity contribution is 6.68. The molecule has 0 saturated carbocycles. The number of nitrogens with zero attached hydrogens (tertiary/aromatic N) is 2. The van der Waals surface area contributed by atoms with Crippen molar-refractivity contribution in [3.63, 3.8) is 0 Å². The van der Waals surface area contributed by atoms with Crippen LogP contribution in [0.4, 0.5) is 0 Å². The van der Waals surface area contributed by atoms with Gasteiger partial charge in [0, 0.05) is 6.54 Å². The average Bonchev–Trinajstić information content (AvgIpc) is 2.46. The number of fused-ring (bicyclic) bond motifs is 1. The number of carbonyl (C=O) groups is 1. The molecule has 0 radical (unpaired) electrons. The van der Waals surface area contributed by atoms with E-state index < -0.39 is 15.9 Å². The molecule has 0 spiro atoms. The van der Waals surface area contributed by atoms with Crippen LogP contribution in [0.25, 0.3) is 10.9 Å². The van der Waals surface area contributed by atoms with Crippen molar-refractivity contribution in [2.45, 2.75) is 29.8 Å². The van der Waals surface area contributed by atoms with Crippen molar-refractivity contribution in [1.82, 2.24) is 9.55 Å². The molecule has 2 aromatic rings. The largest absolute Gasteiger partial charge is 0.458 e. The second kappa shape index (κ2) is 6.86. The molecular formula is C14H13Cl3N2O3. The number of hydrogen-bond donors (Lipinski definition) is 0. The number of rotatable bonds is 4. The maximum Gasteiger partial charge on any atom is 0.308 e. The van der Waals surface area contributed by atoms with E-state index in [-0.39, 0.29) is 18.5 Å². The van der Waals surface area contributed by atoms with Gasteiger partial charge in [-0.3, -0.25) is 14.2 Å². The number of carbonyl (C=O) groups excluding carboxylic acids is 1. The van der Waals surface area contributed by atoms with Gasteiger partial charge in [0.2, 0.25) is 3.79 Å². The van der Waals surface area contributed by atoms with Crippen molar-refractivity contribution in [3.8, 4) is 0 Å². The standard InChI is InChI=1S/C14H13Cl3N2O3/c1-9(14(15,16)17)22-12(20)6-7-19-8-18-11-5-3-2-4-10(11)13(19)21/h2-5,8-9H,6-7H2,1H3/t9-/m1/s1. The van der Waals surface area contributed by atoms with Gasteiger partial charge in [0.15, 0.2) is 0 Å². The number of benzene rings is 1. The summed E-state index contributed by atoms with van der Waals surface area (Å²) in [6, 6.07) is 6.99. The van der Waals surface area contributed by atoms with Crippen molar-refractivity contribution in [2.75, 3.05) is 0 Å². The lowest BCUT2D eigenvalue weighted by Gasteiger charge is -2.20. The first kappa shape index (κ1) is 17.1. The number of para-hydroxylation sites is 1. The highest BCUT2D eigenvalue weighted by Crippen LogP contribution is 2.32. The Morgan fingerprint density at radius 2 is 2.05 bits per heavy atom. The molecule has 8 heteroatoms. The summed E-state index contributed by atoms with van der Waals surface area (Å²) in [5.41, 5.74) is 0.393. The van der Waals surface area contributed by atoms with Crippen molar-refractivity contribution >= 4 is 51.7 Å². The molecule has 0 bridgehead atoms. The van der Waals surface area contributed by atoms with Crippen LogP contribution < -0.4 is 5.56 Å². The van der Waals surface area contributed by atoms with E-state index in [1.54, 1.807) is 24.3 Å². The van der Waals surface area contributed by atoms with E-state index in [1.807, 2.05) is 0 Å². The van der Waals surface area contributed by atoms with E-state index in [1.165, 1.54) is 17.8 Å². The number of aryl methyl sites for hydroxylation is 1. The first-order valence-electron chi connectivity index (χ1n) is 6.49. The summed E-state index contributed by atoms with van der Waals surface area (Å²) in [5.74, 6) is -0.557. The monoisotopic (exact) mass is 362 g/mol. The Morgan fingerprint density at radius 1 is 1.36 bits per heavy atom. The normalized spacial score (nSPS) is 13.1. The minimum absolute atomic E-state index is 0.0228. The van der Waals surface area contributed by atoms with Crippen LogP contribution in [-0.4, -0.2) is 25.4 Å². The number of halogens is 3. The van der Waals surface area contributed by atoms with Gasteiger partial charge in [-0.25, -0.2) is 4.98 Å². The molecule has 1 aromatic carbocycles. The van der Waals surface area contributed by atoms with E-state index in [0.717, 1.165) is 0 Å². The van der Waals surface area contributed by atoms with Crippen LogP contribution in [0.2, 0.25) is 0 Å². The van der Waals surface area contributed by atoms with E-state index in [9.17, 15) is 9.59 Å². The molecule has 0 aliphatic heterocycles. The first-order chi connectivity index (χ1) is 10.3. The predicted octanol–water partition coefficient (Wildman–Crippen LogP) is 3.09.